The van der Waals surface area contributed by atoms with Gasteiger partial charge >= 0.3 is 0 Å². The summed E-state index contributed by atoms with van der Waals surface area (Å²) in [6.45, 7) is 3.49. The van der Waals surface area contributed by atoms with Gasteiger partial charge in [0.1, 0.15) is 4.90 Å². The number of nitro benzene ring substituents is 1. The molecule has 0 bridgehead atoms. The molecule has 10 heteroatoms. The van der Waals surface area contributed by atoms with Crippen molar-refractivity contribution in [3.8, 4) is 0 Å². The van der Waals surface area contributed by atoms with Crippen LogP contribution in [0.25, 0.3) is 0 Å². The van der Waals surface area contributed by atoms with E-state index in [9.17, 15) is 18.5 Å². The van der Waals surface area contributed by atoms with Gasteiger partial charge in [0.15, 0.2) is 0 Å². The predicted octanol–water partition coefficient (Wildman–Crippen LogP) is 0.859. The molecule has 122 valence electrons. The Morgan fingerprint density at radius 2 is 2.05 bits per heavy atom. The van der Waals surface area contributed by atoms with E-state index in [1.165, 1.54) is 6.07 Å². The van der Waals surface area contributed by atoms with Crippen molar-refractivity contribution in [2.24, 2.45) is 0 Å². The summed E-state index contributed by atoms with van der Waals surface area (Å²) in [5.41, 5.74) is -0.321. The number of nitro groups is 1. The second kappa shape index (κ2) is 7.34. The summed E-state index contributed by atoms with van der Waals surface area (Å²) in [6, 6.07) is 3.32. The molecule has 2 rings (SSSR count). The lowest BCUT2D eigenvalue weighted by atomic mass is 10.3. The standard InChI is InChI=1S/C12H16ClN3O5S/c13-11-2-1-10(16(17)18)9-12(11)22(19,20)14-3-4-15-5-7-21-8-6-15/h1-2,9,14H,3-8H2. The lowest BCUT2D eigenvalue weighted by molar-refractivity contribution is -0.385. The molecule has 0 atom stereocenters. The summed E-state index contributed by atoms with van der Waals surface area (Å²) >= 11 is 5.84. The fraction of sp³-hybridized carbons (Fsp3) is 0.500. The quantitative estimate of drug-likeness (QED) is 0.603. The van der Waals surface area contributed by atoms with Crippen molar-refractivity contribution < 1.29 is 18.1 Å². The number of nitrogens with zero attached hydrogens (tertiary/aromatic N) is 2. The van der Waals surface area contributed by atoms with Crippen LogP contribution in [0.4, 0.5) is 5.69 Å². The van der Waals surface area contributed by atoms with E-state index in [0.29, 0.717) is 19.8 Å². The molecule has 0 saturated carbocycles. The van der Waals surface area contributed by atoms with Gasteiger partial charge in [0.2, 0.25) is 10.0 Å². The molecule has 1 N–H and O–H groups in total. The van der Waals surface area contributed by atoms with Crippen molar-refractivity contribution >= 4 is 27.3 Å². The molecular weight excluding hydrogens is 334 g/mol. The molecule has 1 saturated heterocycles. The molecule has 1 aliphatic rings. The smallest absolute Gasteiger partial charge is 0.270 e. The molecule has 22 heavy (non-hydrogen) atoms. The molecular formula is C12H16ClN3O5S. The average Bonchev–Trinajstić information content (AvgIpc) is 2.48. The second-order valence-electron chi connectivity index (χ2n) is 4.72. The van der Waals surface area contributed by atoms with E-state index >= 15 is 0 Å². The highest BCUT2D eigenvalue weighted by atomic mass is 35.5. The molecule has 1 heterocycles. The molecule has 0 aliphatic carbocycles. The third kappa shape index (κ3) is 4.37. The molecule has 0 radical (unpaired) electrons. The lowest BCUT2D eigenvalue weighted by Crippen LogP contribution is -2.41. The maximum absolute atomic E-state index is 12.2. The summed E-state index contributed by atoms with van der Waals surface area (Å²) in [7, 11) is -3.89. The van der Waals surface area contributed by atoms with E-state index in [1.807, 2.05) is 0 Å². The topological polar surface area (TPSA) is 102 Å². The summed E-state index contributed by atoms with van der Waals surface area (Å²) in [6.07, 6.45) is 0. The zero-order chi connectivity index (χ0) is 16.2. The highest BCUT2D eigenvalue weighted by Crippen LogP contribution is 2.25. The summed E-state index contributed by atoms with van der Waals surface area (Å²) in [4.78, 5) is 11.9. The van der Waals surface area contributed by atoms with Gasteiger partial charge in [0.05, 0.1) is 23.2 Å². The summed E-state index contributed by atoms with van der Waals surface area (Å²) < 4.78 is 32.0. The number of nitrogens with one attached hydrogen (secondary N) is 1. The zero-order valence-corrected chi connectivity index (χ0v) is 13.3. The van der Waals surface area contributed by atoms with Crippen LogP contribution in [0.1, 0.15) is 0 Å². The van der Waals surface area contributed by atoms with Crippen molar-refractivity contribution in [3.05, 3.63) is 33.3 Å². The number of benzene rings is 1. The van der Waals surface area contributed by atoms with E-state index in [-0.39, 0.29) is 22.2 Å². The highest BCUT2D eigenvalue weighted by Gasteiger charge is 2.21. The van der Waals surface area contributed by atoms with Crippen LogP contribution in [0.15, 0.2) is 23.1 Å². The number of rotatable bonds is 6. The van der Waals surface area contributed by atoms with Crippen LogP contribution in [-0.2, 0) is 14.8 Å². The first-order valence-electron chi connectivity index (χ1n) is 6.64. The third-order valence-electron chi connectivity index (χ3n) is 3.24. The molecule has 0 unspecified atom stereocenters. The number of hydrogen-bond acceptors (Lipinski definition) is 6. The molecule has 0 amide bonds. The van der Waals surface area contributed by atoms with Gasteiger partial charge in [0.25, 0.3) is 5.69 Å². The minimum absolute atomic E-state index is 0.0514. The first-order chi connectivity index (χ1) is 10.4. The molecule has 1 aliphatic heterocycles. The Labute approximate surface area is 133 Å². The minimum Gasteiger partial charge on any atom is -0.379 e. The van der Waals surface area contributed by atoms with Crippen molar-refractivity contribution in [2.45, 2.75) is 4.90 Å². The lowest BCUT2D eigenvalue weighted by Gasteiger charge is -2.26. The molecule has 1 aromatic rings. The Kier molecular flexibility index (Phi) is 5.70. The van der Waals surface area contributed by atoms with Gasteiger partial charge in [0, 0.05) is 38.3 Å². The van der Waals surface area contributed by atoms with Crippen LogP contribution in [-0.4, -0.2) is 57.6 Å². The van der Waals surface area contributed by atoms with Crippen molar-refractivity contribution in [2.75, 3.05) is 39.4 Å². The fourth-order valence-electron chi connectivity index (χ4n) is 2.05. The van der Waals surface area contributed by atoms with Gasteiger partial charge in [-0.15, -0.1) is 0 Å². The van der Waals surface area contributed by atoms with E-state index in [2.05, 4.69) is 9.62 Å². The van der Waals surface area contributed by atoms with Gasteiger partial charge in [-0.2, -0.15) is 0 Å². The van der Waals surface area contributed by atoms with E-state index < -0.39 is 14.9 Å². The van der Waals surface area contributed by atoms with Gasteiger partial charge in [-0.05, 0) is 6.07 Å². The SMILES string of the molecule is O=[N+]([O-])c1ccc(Cl)c(S(=O)(=O)NCCN2CCOCC2)c1. The van der Waals surface area contributed by atoms with Gasteiger partial charge in [-0.3, -0.25) is 15.0 Å². The number of sulfonamides is 1. The van der Waals surface area contributed by atoms with Crippen LogP contribution in [0.5, 0.6) is 0 Å². The number of ether oxygens (including phenoxy) is 1. The molecule has 0 aromatic heterocycles. The van der Waals surface area contributed by atoms with Crippen LogP contribution in [0.3, 0.4) is 0 Å². The van der Waals surface area contributed by atoms with Gasteiger partial charge in [-0.25, -0.2) is 13.1 Å². The second-order valence-corrected chi connectivity index (χ2v) is 6.87. The monoisotopic (exact) mass is 349 g/mol. The van der Waals surface area contributed by atoms with Crippen LogP contribution in [0, 0.1) is 10.1 Å². The average molecular weight is 350 g/mol. The van der Waals surface area contributed by atoms with E-state index in [4.69, 9.17) is 16.3 Å². The first kappa shape index (κ1) is 17.1. The number of morpholine rings is 1. The van der Waals surface area contributed by atoms with E-state index in [1.54, 1.807) is 0 Å². The predicted molar refractivity (Wildman–Crippen MR) is 80.6 cm³/mol. The fourth-order valence-corrected chi connectivity index (χ4v) is 3.59. The Morgan fingerprint density at radius 1 is 1.36 bits per heavy atom. The maximum atomic E-state index is 12.2. The number of hydrogen-bond donors (Lipinski definition) is 1. The van der Waals surface area contributed by atoms with Gasteiger partial charge in [-0.1, -0.05) is 11.6 Å². The van der Waals surface area contributed by atoms with Crippen LogP contribution in [0.2, 0.25) is 5.02 Å². The van der Waals surface area contributed by atoms with Crippen molar-refractivity contribution in [1.82, 2.24) is 9.62 Å². The van der Waals surface area contributed by atoms with Crippen molar-refractivity contribution in [3.63, 3.8) is 0 Å². The zero-order valence-electron chi connectivity index (χ0n) is 11.7. The Hall–Kier alpha value is -1.26. The van der Waals surface area contributed by atoms with Crippen molar-refractivity contribution in [1.29, 1.82) is 0 Å². The van der Waals surface area contributed by atoms with Crippen LogP contribution >= 0.6 is 11.6 Å². The molecule has 0 spiro atoms. The molecule has 8 nitrogen and oxygen atoms in total. The third-order valence-corrected chi connectivity index (χ3v) is 5.18. The summed E-state index contributed by atoms with van der Waals surface area (Å²) in [5, 5.41) is 10.7. The Morgan fingerprint density at radius 3 is 2.68 bits per heavy atom. The first-order valence-corrected chi connectivity index (χ1v) is 8.50. The Bertz CT molecular complexity index is 646. The van der Waals surface area contributed by atoms with Gasteiger partial charge < -0.3 is 4.74 Å². The molecule has 1 aromatic carbocycles. The summed E-state index contributed by atoms with van der Waals surface area (Å²) in [5.74, 6) is 0. The number of non-ortho nitro benzene ring substituents is 1. The van der Waals surface area contributed by atoms with Crippen LogP contribution < -0.4 is 4.72 Å². The molecule has 1 fully saturated rings. The largest absolute Gasteiger partial charge is 0.379 e. The normalized spacial score (nSPS) is 16.6. The maximum Gasteiger partial charge on any atom is 0.270 e. The number of halogens is 1. The minimum atomic E-state index is -3.89. The highest BCUT2D eigenvalue weighted by molar-refractivity contribution is 7.89. The Balaban J connectivity index is 2.03. The van der Waals surface area contributed by atoms with E-state index in [0.717, 1.165) is 25.2 Å².